The highest BCUT2D eigenvalue weighted by molar-refractivity contribution is 7.89. The molecule has 1 aromatic carbocycles. The highest BCUT2D eigenvalue weighted by Gasteiger charge is 2.40. The van der Waals surface area contributed by atoms with Crippen LogP contribution in [0.1, 0.15) is 12.0 Å². The highest BCUT2D eigenvalue weighted by atomic mass is 32.2. The molecule has 0 aliphatic carbocycles. The molecule has 7 heteroatoms. The molecule has 1 aliphatic rings. The van der Waals surface area contributed by atoms with Gasteiger partial charge in [-0.05, 0) is 48.7 Å². The predicted octanol–water partition coefficient (Wildman–Crippen LogP) is 1.46. The zero-order chi connectivity index (χ0) is 17.2. The molecule has 0 spiro atoms. The number of rotatable bonds is 5. The second-order valence-corrected chi connectivity index (χ2v) is 7.67. The Bertz CT molecular complexity index is 778. The molecule has 0 saturated carbocycles. The number of aliphatic hydroxyl groups is 1. The van der Waals surface area contributed by atoms with Gasteiger partial charge in [-0.25, -0.2) is 8.42 Å². The molecule has 2 atom stereocenters. The molecule has 1 aliphatic heterocycles. The third kappa shape index (κ3) is 3.28. The molecule has 0 amide bonds. The van der Waals surface area contributed by atoms with Crippen LogP contribution in [0.5, 0.6) is 5.75 Å². The third-order valence-corrected chi connectivity index (χ3v) is 6.23. The summed E-state index contributed by atoms with van der Waals surface area (Å²) in [6.07, 6.45) is 3.55. The van der Waals surface area contributed by atoms with E-state index in [-0.39, 0.29) is 4.90 Å². The Kier molecular flexibility index (Phi) is 4.84. The van der Waals surface area contributed by atoms with Crippen LogP contribution >= 0.6 is 0 Å². The maximum Gasteiger partial charge on any atom is 0.243 e. The minimum absolute atomic E-state index is 0.202. The number of methoxy groups -OCH3 is 1. The van der Waals surface area contributed by atoms with Gasteiger partial charge in [-0.2, -0.15) is 4.31 Å². The highest BCUT2D eigenvalue weighted by Crippen LogP contribution is 2.29. The largest absolute Gasteiger partial charge is 0.497 e. The first-order valence-electron chi connectivity index (χ1n) is 7.75. The number of hydrogen-bond acceptors (Lipinski definition) is 5. The fraction of sp³-hybridized carbons (Fsp3) is 0.353. The van der Waals surface area contributed by atoms with E-state index in [0.717, 1.165) is 5.56 Å². The average Bonchev–Trinajstić information content (AvgIpc) is 2.97. The lowest BCUT2D eigenvalue weighted by molar-refractivity contribution is 0.142. The van der Waals surface area contributed by atoms with Crippen LogP contribution in [-0.2, 0) is 16.4 Å². The fourth-order valence-corrected chi connectivity index (χ4v) is 4.66. The van der Waals surface area contributed by atoms with E-state index in [2.05, 4.69) is 4.98 Å². The fourth-order valence-electron chi connectivity index (χ4n) is 2.99. The van der Waals surface area contributed by atoms with Crippen LogP contribution in [0.2, 0.25) is 0 Å². The minimum atomic E-state index is -3.67. The third-order valence-electron chi connectivity index (χ3n) is 4.29. The molecule has 6 nitrogen and oxygen atoms in total. The van der Waals surface area contributed by atoms with E-state index in [1.54, 1.807) is 30.6 Å². The van der Waals surface area contributed by atoms with E-state index >= 15 is 0 Å². The number of ether oxygens (including phenoxy) is 1. The van der Waals surface area contributed by atoms with Crippen molar-refractivity contribution in [3.8, 4) is 5.75 Å². The van der Waals surface area contributed by atoms with Gasteiger partial charge in [-0.3, -0.25) is 4.98 Å². The summed E-state index contributed by atoms with van der Waals surface area (Å²) in [5.74, 6) is 0.599. The molecule has 0 unspecified atom stereocenters. The van der Waals surface area contributed by atoms with Gasteiger partial charge in [0.1, 0.15) is 5.75 Å². The maximum atomic E-state index is 12.9. The van der Waals surface area contributed by atoms with Crippen molar-refractivity contribution in [1.82, 2.24) is 9.29 Å². The van der Waals surface area contributed by atoms with Gasteiger partial charge in [0.25, 0.3) is 0 Å². The van der Waals surface area contributed by atoms with Crippen LogP contribution in [0.3, 0.4) is 0 Å². The van der Waals surface area contributed by atoms with Gasteiger partial charge in [-0.1, -0.05) is 6.07 Å². The van der Waals surface area contributed by atoms with Crippen molar-refractivity contribution in [1.29, 1.82) is 0 Å². The van der Waals surface area contributed by atoms with Crippen LogP contribution in [0.25, 0.3) is 0 Å². The van der Waals surface area contributed by atoms with Crippen LogP contribution in [0.15, 0.2) is 53.7 Å². The van der Waals surface area contributed by atoms with Crippen LogP contribution in [0, 0.1) is 0 Å². The topological polar surface area (TPSA) is 79.7 Å². The van der Waals surface area contributed by atoms with Crippen LogP contribution in [-0.4, -0.2) is 48.6 Å². The molecule has 24 heavy (non-hydrogen) atoms. The van der Waals surface area contributed by atoms with Gasteiger partial charge in [0, 0.05) is 18.9 Å². The standard InChI is InChI=1S/C17H20N2O4S/c1-23-14-4-6-15(7-5-14)24(21,22)19-10-8-17(20)16(19)11-13-3-2-9-18-12-13/h2-7,9,12,16-17,20H,8,10-11H2,1H3/t16-,17+/m0/s1. The number of benzene rings is 1. The molecule has 128 valence electrons. The van der Waals surface area contributed by atoms with Crippen molar-refractivity contribution in [3.05, 3.63) is 54.4 Å². The molecule has 1 fully saturated rings. The SMILES string of the molecule is COc1ccc(S(=O)(=O)N2CC[C@@H](O)[C@@H]2Cc2cccnc2)cc1. The van der Waals surface area contributed by atoms with E-state index in [9.17, 15) is 13.5 Å². The minimum Gasteiger partial charge on any atom is -0.497 e. The summed E-state index contributed by atoms with van der Waals surface area (Å²) < 4.78 is 32.3. The van der Waals surface area contributed by atoms with Crippen LogP contribution < -0.4 is 4.74 Å². The average molecular weight is 348 g/mol. The summed E-state index contributed by atoms with van der Waals surface area (Å²) in [5.41, 5.74) is 0.901. The van der Waals surface area contributed by atoms with E-state index in [1.165, 1.54) is 23.5 Å². The summed E-state index contributed by atoms with van der Waals surface area (Å²) in [6.45, 7) is 0.306. The van der Waals surface area contributed by atoms with Crippen molar-refractivity contribution in [2.75, 3.05) is 13.7 Å². The summed E-state index contributed by atoms with van der Waals surface area (Å²) >= 11 is 0. The number of aliphatic hydroxyl groups excluding tert-OH is 1. The Morgan fingerprint density at radius 2 is 2.04 bits per heavy atom. The first kappa shape index (κ1) is 16.9. The van der Waals surface area contributed by atoms with Crippen molar-refractivity contribution >= 4 is 10.0 Å². The van der Waals surface area contributed by atoms with Gasteiger partial charge in [0.2, 0.25) is 10.0 Å². The second-order valence-electron chi connectivity index (χ2n) is 5.78. The quantitative estimate of drug-likeness (QED) is 0.885. The number of pyridine rings is 1. The first-order valence-corrected chi connectivity index (χ1v) is 9.19. The van der Waals surface area contributed by atoms with Crippen molar-refractivity contribution in [2.24, 2.45) is 0 Å². The Hall–Kier alpha value is -1.96. The maximum absolute atomic E-state index is 12.9. The number of aromatic nitrogens is 1. The van der Waals surface area contributed by atoms with Crippen LogP contribution in [0.4, 0.5) is 0 Å². The van der Waals surface area contributed by atoms with Gasteiger partial charge in [0.15, 0.2) is 0 Å². The van der Waals surface area contributed by atoms with Gasteiger partial charge in [0.05, 0.1) is 24.2 Å². The first-order chi connectivity index (χ1) is 11.5. The van der Waals surface area contributed by atoms with E-state index in [4.69, 9.17) is 4.74 Å². The Labute approximate surface area is 141 Å². The molecular formula is C17H20N2O4S. The normalized spacial score (nSPS) is 21.8. The molecule has 1 aromatic heterocycles. The number of hydrogen-bond donors (Lipinski definition) is 1. The zero-order valence-electron chi connectivity index (χ0n) is 13.4. The second kappa shape index (κ2) is 6.88. The molecule has 1 saturated heterocycles. The molecular weight excluding hydrogens is 328 g/mol. The van der Waals surface area contributed by atoms with E-state index in [1.807, 2.05) is 6.07 Å². The van der Waals surface area contributed by atoms with Crippen molar-refractivity contribution < 1.29 is 18.3 Å². The molecule has 3 rings (SSSR count). The number of sulfonamides is 1. The Balaban J connectivity index is 1.87. The summed E-state index contributed by atoms with van der Waals surface area (Å²) in [5, 5.41) is 10.3. The molecule has 1 N–H and O–H groups in total. The molecule has 0 radical (unpaired) electrons. The lowest BCUT2D eigenvalue weighted by atomic mass is 10.0. The molecule has 2 aromatic rings. The smallest absolute Gasteiger partial charge is 0.243 e. The monoisotopic (exact) mass is 348 g/mol. The van der Waals surface area contributed by atoms with Gasteiger partial charge >= 0.3 is 0 Å². The lowest BCUT2D eigenvalue weighted by Crippen LogP contribution is -2.41. The zero-order valence-corrected chi connectivity index (χ0v) is 14.2. The van der Waals surface area contributed by atoms with Gasteiger partial charge < -0.3 is 9.84 Å². The Morgan fingerprint density at radius 1 is 1.29 bits per heavy atom. The van der Waals surface area contributed by atoms with E-state index < -0.39 is 22.2 Å². The summed E-state index contributed by atoms with van der Waals surface area (Å²) in [7, 11) is -2.14. The van der Waals surface area contributed by atoms with Crippen molar-refractivity contribution in [2.45, 2.75) is 29.9 Å². The predicted molar refractivity (Wildman–Crippen MR) is 89.2 cm³/mol. The van der Waals surface area contributed by atoms with Crippen molar-refractivity contribution in [3.63, 3.8) is 0 Å². The summed E-state index contributed by atoms with van der Waals surface area (Å²) in [4.78, 5) is 4.26. The number of nitrogens with zero attached hydrogens (tertiary/aromatic N) is 2. The molecule has 2 heterocycles. The Morgan fingerprint density at radius 3 is 2.67 bits per heavy atom. The van der Waals surface area contributed by atoms with E-state index in [0.29, 0.717) is 25.1 Å². The lowest BCUT2D eigenvalue weighted by Gasteiger charge is -2.25. The summed E-state index contributed by atoms with van der Waals surface area (Å²) in [6, 6.07) is 9.50. The van der Waals surface area contributed by atoms with Gasteiger partial charge in [-0.15, -0.1) is 0 Å². The molecule has 0 bridgehead atoms.